The molecule has 1 aromatic rings. The van der Waals surface area contributed by atoms with E-state index in [4.69, 9.17) is 4.74 Å². The fourth-order valence-electron chi connectivity index (χ4n) is 1.73. The van der Waals surface area contributed by atoms with Crippen LogP contribution >= 0.6 is 0 Å². The third kappa shape index (κ3) is 4.71. The molecule has 17 heavy (non-hydrogen) atoms. The standard InChI is InChI=1S/C13H23N3O/c1-4-14-10-12-6-7-15-11-13(12)16(2)8-5-9-17-3/h6-7,11,14H,4-5,8-10H2,1-3H3. The fraction of sp³-hybridized carbons (Fsp3) is 0.615. The highest BCUT2D eigenvalue weighted by Gasteiger charge is 2.06. The van der Waals surface area contributed by atoms with Crippen molar-refractivity contribution < 1.29 is 4.74 Å². The quantitative estimate of drug-likeness (QED) is 0.698. The second-order valence-corrected chi connectivity index (χ2v) is 4.05. The van der Waals surface area contributed by atoms with Crippen LogP contribution in [-0.4, -0.2) is 38.8 Å². The molecule has 0 amide bonds. The molecule has 0 aliphatic heterocycles. The Morgan fingerprint density at radius 1 is 1.47 bits per heavy atom. The predicted molar refractivity (Wildman–Crippen MR) is 71.4 cm³/mol. The molecular weight excluding hydrogens is 214 g/mol. The van der Waals surface area contributed by atoms with Crippen LogP contribution in [0.15, 0.2) is 18.5 Å². The molecule has 0 aliphatic carbocycles. The van der Waals surface area contributed by atoms with Crippen molar-refractivity contribution in [3.8, 4) is 0 Å². The van der Waals surface area contributed by atoms with E-state index in [9.17, 15) is 0 Å². The maximum Gasteiger partial charge on any atom is 0.0595 e. The van der Waals surface area contributed by atoms with E-state index in [1.807, 2.05) is 12.4 Å². The van der Waals surface area contributed by atoms with Crippen LogP contribution in [-0.2, 0) is 11.3 Å². The molecule has 0 fully saturated rings. The Labute approximate surface area is 104 Å². The summed E-state index contributed by atoms with van der Waals surface area (Å²) in [6.45, 7) is 5.77. The van der Waals surface area contributed by atoms with E-state index in [0.29, 0.717) is 0 Å². The van der Waals surface area contributed by atoms with Crippen LogP contribution in [0.3, 0.4) is 0 Å². The van der Waals surface area contributed by atoms with Crippen molar-refractivity contribution in [2.75, 3.05) is 38.8 Å². The van der Waals surface area contributed by atoms with Crippen LogP contribution in [0.5, 0.6) is 0 Å². The van der Waals surface area contributed by atoms with Crippen LogP contribution in [0.2, 0.25) is 0 Å². The van der Waals surface area contributed by atoms with Crippen LogP contribution in [0.25, 0.3) is 0 Å². The Hall–Kier alpha value is -1.13. The zero-order valence-electron chi connectivity index (χ0n) is 11.1. The van der Waals surface area contributed by atoms with Gasteiger partial charge >= 0.3 is 0 Å². The molecule has 96 valence electrons. The molecule has 4 nitrogen and oxygen atoms in total. The molecule has 0 saturated carbocycles. The minimum atomic E-state index is 0.799. The summed E-state index contributed by atoms with van der Waals surface area (Å²) in [6, 6.07) is 2.07. The molecule has 0 radical (unpaired) electrons. The smallest absolute Gasteiger partial charge is 0.0595 e. The number of anilines is 1. The van der Waals surface area contributed by atoms with Crippen LogP contribution < -0.4 is 10.2 Å². The first kappa shape index (κ1) is 13.9. The highest BCUT2D eigenvalue weighted by atomic mass is 16.5. The summed E-state index contributed by atoms with van der Waals surface area (Å²) < 4.78 is 5.07. The van der Waals surface area contributed by atoms with Gasteiger partial charge in [0, 0.05) is 40.1 Å². The van der Waals surface area contributed by atoms with Crippen molar-refractivity contribution in [3.63, 3.8) is 0 Å². The first-order valence-corrected chi connectivity index (χ1v) is 6.13. The molecule has 0 spiro atoms. The molecule has 4 heteroatoms. The van der Waals surface area contributed by atoms with E-state index in [1.165, 1.54) is 11.3 Å². The zero-order chi connectivity index (χ0) is 12.5. The Bertz CT molecular complexity index is 317. The molecule has 1 rings (SSSR count). The van der Waals surface area contributed by atoms with Gasteiger partial charge in [-0.15, -0.1) is 0 Å². The number of methoxy groups -OCH3 is 1. The number of rotatable bonds is 8. The van der Waals surface area contributed by atoms with E-state index in [2.05, 4.69) is 35.2 Å². The summed E-state index contributed by atoms with van der Waals surface area (Å²) in [5, 5.41) is 3.35. The molecule has 1 heterocycles. The lowest BCUT2D eigenvalue weighted by Gasteiger charge is -2.22. The minimum absolute atomic E-state index is 0.799. The Morgan fingerprint density at radius 3 is 3.00 bits per heavy atom. The number of pyridine rings is 1. The summed E-state index contributed by atoms with van der Waals surface area (Å²) in [7, 11) is 3.84. The molecular formula is C13H23N3O. The van der Waals surface area contributed by atoms with Gasteiger partial charge in [-0.05, 0) is 24.6 Å². The lowest BCUT2D eigenvalue weighted by atomic mass is 10.2. The molecule has 0 bridgehead atoms. The highest BCUT2D eigenvalue weighted by Crippen LogP contribution is 2.17. The summed E-state index contributed by atoms with van der Waals surface area (Å²) in [5.74, 6) is 0. The molecule has 0 aromatic carbocycles. The third-order valence-electron chi connectivity index (χ3n) is 2.71. The number of nitrogens with zero attached hydrogens (tertiary/aromatic N) is 2. The van der Waals surface area contributed by atoms with E-state index in [1.54, 1.807) is 7.11 Å². The number of hydrogen-bond acceptors (Lipinski definition) is 4. The molecule has 0 unspecified atom stereocenters. The van der Waals surface area contributed by atoms with Crippen molar-refractivity contribution in [1.82, 2.24) is 10.3 Å². The van der Waals surface area contributed by atoms with Gasteiger partial charge in [-0.3, -0.25) is 4.98 Å². The van der Waals surface area contributed by atoms with Gasteiger partial charge in [0.2, 0.25) is 0 Å². The Balaban J connectivity index is 2.60. The average molecular weight is 237 g/mol. The summed E-state index contributed by atoms with van der Waals surface area (Å²) in [5.41, 5.74) is 2.49. The van der Waals surface area contributed by atoms with E-state index < -0.39 is 0 Å². The second-order valence-electron chi connectivity index (χ2n) is 4.05. The first-order valence-electron chi connectivity index (χ1n) is 6.13. The monoisotopic (exact) mass is 237 g/mol. The van der Waals surface area contributed by atoms with Gasteiger partial charge in [0.1, 0.15) is 0 Å². The number of aromatic nitrogens is 1. The molecule has 1 N–H and O–H groups in total. The van der Waals surface area contributed by atoms with Crippen molar-refractivity contribution >= 4 is 5.69 Å². The Kier molecular flexibility index (Phi) is 6.58. The number of ether oxygens (including phenoxy) is 1. The number of hydrogen-bond donors (Lipinski definition) is 1. The highest BCUT2D eigenvalue weighted by molar-refractivity contribution is 5.50. The normalized spacial score (nSPS) is 10.5. The maximum atomic E-state index is 5.07. The van der Waals surface area contributed by atoms with Crippen LogP contribution in [0.4, 0.5) is 5.69 Å². The minimum Gasteiger partial charge on any atom is -0.385 e. The largest absolute Gasteiger partial charge is 0.385 e. The van der Waals surface area contributed by atoms with Crippen molar-refractivity contribution in [2.45, 2.75) is 19.9 Å². The third-order valence-corrected chi connectivity index (χ3v) is 2.71. The van der Waals surface area contributed by atoms with E-state index >= 15 is 0 Å². The summed E-state index contributed by atoms with van der Waals surface area (Å²) in [4.78, 5) is 6.44. The molecule has 0 atom stereocenters. The Morgan fingerprint density at radius 2 is 2.29 bits per heavy atom. The maximum absolute atomic E-state index is 5.07. The summed E-state index contributed by atoms with van der Waals surface area (Å²) in [6.07, 6.45) is 4.81. The van der Waals surface area contributed by atoms with Gasteiger partial charge in [0.15, 0.2) is 0 Å². The van der Waals surface area contributed by atoms with Crippen molar-refractivity contribution in [1.29, 1.82) is 0 Å². The second kappa shape index (κ2) is 8.03. The van der Waals surface area contributed by atoms with Gasteiger partial charge in [-0.25, -0.2) is 0 Å². The SMILES string of the molecule is CCNCc1ccncc1N(C)CCCOC. The predicted octanol–water partition coefficient (Wildman–Crippen LogP) is 1.66. The van der Waals surface area contributed by atoms with E-state index in [0.717, 1.165) is 32.7 Å². The van der Waals surface area contributed by atoms with Gasteiger partial charge < -0.3 is 15.0 Å². The number of nitrogens with one attached hydrogen (secondary N) is 1. The molecule has 0 saturated heterocycles. The van der Waals surface area contributed by atoms with E-state index in [-0.39, 0.29) is 0 Å². The molecule has 1 aromatic heterocycles. The van der Waals surface area contributed by atoms with Gasteiger partial charge in [-0.2, -0.15) is 0 Å². The van der Waals surface area contributed by atoms with Crippen LogP contribution in [0.1, 0.15) is 18.9 Å². The average Bonchev–Trinajstić information content (AvgIpc) is 2.37. The lowest BCUT2D eigenvalue weighted by molar-refractivity contribution is 0.196. The lowest BCUT2D eigenvalue weighted by Crippen LogP contribution is -2.23. The molecule has 0 aliphatic rings. The summed E-state index contributed by atoms with van der Waals surface area (Å²) >= 11 is 0. The van der Waals surface area contributed by atoms with Crippen molar-refractivity contribution in [3.05, 3.63) is 24.0 Å². The van der Waals surface area contributed by atoms with Crippen LogP contribution in [0, 0.1) is 0 Å². The van der Waals surface area contributed by atoms with Gasteiger partial charge in [-0.1, -0.05) is 6.92 Å². The van der Waals surface area contributed by atoms with Gasteiger partial charge in [0.25, 0.3) is 0 Å². The zero-order valence-corrected chi connectivity index (χ0v) is 11.1. The first-order chi connectivity index (χ1) is 8.29. The van der Waals surface area contributed by atoms with Gasteiger partial charge in [0.05, 0.1) is 11.9 Å². The topological polar surface area (TPSA) is 37.4 Å². The fourth-order valence-corrected chi connectivity index (χ4v) is 1.73. The van der Waals surface area contributed by atoms with Crippen molar-refractivity contribution in [2.24, 2.45) is 0 Å².